The number of hydrogen-bond acceptors (Lipinski definition) is 2. The van der Waals surface area contributed by atoms with Crippen molar-refractivity contribution >= 4 is 5.91 Å². The lowest BCUT2D eigenvalue weighted by Gasteiger charge is -2.30. The Kier molecular flexibility index (Phi) is 3.85. The van der Waals surface area contributed by atoms with E-state index in [-0.39, 0.29) is 11.8 Å². The average Bonchev–Trinajstić information content (AvgIpc) is 2.68. The highest BCUT2D eigenvalue weighted by Crippen LogP contribution is 2.25. The van der Waals surface area contributed by atoms with E-state index in [1.54, 1.807) is 0 Å². The van der Waals surface area contributed by atoms with Crippen molar-refractivity contribution in [2.75, 3.05) is 6.54 Å². The lowest BCUT2D eigenvalue weighted by atomic mass is 9.85. The van der Waals surface area contributed by atoms with Crippen molar-refractivity contribution < 1.29 is 4.79 Å². The van der Waals surface area contributed by atoms with Gasteiger partial charge >= 0.3 is 0 Å². The van der Waals surface area contributed by atoms with Crippen molar-refractivity contribution in [2.24, 2.45) is 11.8 Å². The minimum absolute atomic E-state index is 0.189. The first-order valence-electron chi connectivity index (χ1n) is 6.72. The molecular formula is C13H24N2O. The van der Waals surface area contributed by atoms with Gasteiger partial charge in [0.1, 0.15) is 0 Å². The molecule has 0 bridgehead atoms. The van der Waals surface area contributed by atoms with Crippen molar-refractivity contribution in [3.63, 3.8) is 0 Å². The summed E-state index contributed by atoms with van der Waals surface area (Å²) in [6.45, 7) is 5.36. The van der Waals surface area contributed by atoms with Gasteiger partial charge in [-0.15, -0.1) is 0 Å². The molecule has 2 fully saturated rings. The van der Waals surface area contributed by atoms with Gasteiger partial charge in [-0.2, -0.15) is 0 Å². The van der Waals surface area contributed by atoms with Crippen LogP contribution in [0.1, 0.15) is 46.0 Å². The Hall–Kier alpha value is -0.570. The second-order valence-corrected chi connectivity index (χ2v) is 5.51. The van der Waals surface area contributed by atoms with Crippen LogP contribution in [0.5, 0.6) is 0 Å². The second kappa shape index (κ2) is 5.17. The van der Waals surface area contributed by atoms with Crippen LogP contribution in [0.4, 0.5) is 0 Å². The molecule has 1 heterocycles. The van der Waals surface area contributed by atoms with E-state index >= 15 is 0 Å². The third kappa shape index (κ3) is 2.57. The van der Waals surface area contributed by atoms with Gasteiger partial charge in [-0.25, -0.2) is 0 Å². The first kappa shape index (κ1) is 11.9. The fourth-order valence-corrected chi connectivity index (χ4v) is 3.04. The Morgan fingerprint density at radius 2 is 1.94 bits per heavy atom. The van der Waals surface area contributed by atoms with Crippen LogP contribution in [0.25, 0.3) is 0 Å². The largest absolute Gasteiger partial charge is 0.353 e. The summed E-state index contributed by atoms with van der Waals surface area (Å²) in [6.07, 6.45) is 6.03. The van der Waals surface area contributed by atoms with E-state index < -0.39 is 0 Å². The summed E-state index contributed by atoms with van der Waals surface area (Å²) in [5.74, 6) is 1.12. The lowest BCUT2D eigenvalue weighted by molar-refractivity contribution is -0.126. The predicted octanol–water partition coefficient (Wildman–Crippen LogP) is 1.68. The summed E-state index contributed by atoms with van der Waals surface area (Å²) >= 11 is 0. The Morgan fingerprint density at radius 1 is 1.19 bits per heavy atom. The Bertz CT molecular complexity index is 254. The minimum Gasteiger partial charge on any atom is -0.353 e. The van der Waals surface area contributed by atoms with E-state index in [4.69, 9.17) is 0 Å². The van der Waals surface area contributed by atoms with E-state index in [0.29, 0.717) is 18.0 Å². The number of carbonyl (C=O) groups excluding carboxylic acids is 1. The molecule has 3 nitrogen and oxygen atoms in total. The number of rotatable bonds is 2. The fourth-order valence-electron chi connectivity index (χ4n) is 3.04. The van der Waals surface area contributed by atoms with Crippen LogP contribution in [0, 0.1) is 11.8 Å². The van der Waals surface area contributed by atoms with Gasteiger partial charge in [-0.3, -0.25) is 4.79 Å². The average molecular weight is 224 g/mol. The number of hydrogen-bond donors (Lipinski definition) is 2. The smallest absolute Gasteiger partial charge is 0.224 e. The molecule has 1 amide bonds. The van der Waals surface area contributed by atoms with E-state index in [1.807, 2.05) is 0 Å². The van der Waals surface area contributed by atoms with Gasteiger partial charge in [0, 0.05) is 12.1 Å². The van der Waals surface area contributed by atoms with Gasteiger partial charge in [0.05, 0.1) is 5.92 Å². The topological polar surface area (TPSA) is 41.1 Å². The van der Waals surface area contributed by atoms with Crippen molar-refractivity contribution in [1.29, 1.82) is 0 Å². The van der Waals surface area contributed by atoms with Crippen LogP contribution >= 0.6 is 0 Å². The van der Waals surface area contributed by atoms with Crippen molar-refractivity contribution in [2.45, 2.75) is 58.0 Å². The highest BCUT2D eigenvalue weighted by atomic mass is 16.2. The minimum atomic E-state index is 0.189. The zero-order chi connectivity index (χ0) is 11.5. The summed E-state index contributed by atoms with van der Waals surface area (Å²) in [4.78, 5) is 12.1. The van der Waals surface area contributed by atoms with Crippen LogP contribution < -0.4 is 10.6 Å². The maximum absolute atomic E-state index is 12.1. The molecule has 0 aromatic carbocycles. The predicted molar refractivity (Wildman–Crippen MR) is 65.1 cm³/mol. The highest BCUT2D eigenvalue weighted by molar-refractivity contribution is 5.80. The molecule has 3 heteroatoms. The Morgan fingerprint density at radius 3 is 2.56 bits per heavy atom. The van der Waals surface area contributed by atoms with Gasteiger partial charge in [-0.05, 0) is 38.6 Å². The van der Waals surface area contributed by atoms with Gasteiger partial charge in [0.25, 0.3) is 0 Å². The monoisotopic (exact) mass is 224 g/mol. The molecule has 2 aliphatic rings. The molecule has 4 unspecified atom stereocenters. The number of amides is 1. The molecule has 16 heavy (non-hydrogen) atoms. The van der Waals surface area contributed by atoms with Gasteiger partial charge in [-0.1, -0.05) is 19.8 Å². The summed E-state index contributed by atoms with van der Waals surface area (Å²) in [5.41, 5.74) is 0. The molecule has 1 saturated carbocycles. The lowest BCUT2D eigenvalue weighted by Crippen LogP contribution is -2.45. The molecule has 2 N–H and O–H groups in total. The summed E-state index contributed by atoms with van der Waals surface area (Å²) in [6, 6.07) is 0.771. The second-order valence-electron chi connectivity index (χ2n) is 5.51. The first-order chi connectivity index (χ1) is 7.68. The molecule has 92 valence electrons. The quantitative estimate of drug-likeness (QED) is 0.749. The van der Waals surface area contributed by atoms with Crippen LogP contribution in [0.3, 0.4) is 0 Å². The molecule has 1 aliphatic heterocycles. The molecule has 0 radical (unpaired) electrons. The highest BCUT2D eigenvalue weighted by Gasteiger charge is 2.32. The molecule has 1 saturated heterocycles. The first-order valence-corrected chi connectivity index (χ1v) is 6.72. The van der Waals surface area contributed by atoms with Gasteiger partial charge in [0.15, 0.2) is 0 Å². The molecule has 0 aromatic rings. The molecule has 1 aliphatic carbocycles. The molecule has 4 atom stereocenters. The number of carbonyl (C=O) groups is 1. The van der Waals surface area contributed by atoms with E-state index in [9.17, 15) is 4.79 Å². The normalized spacial score (nSPS) is 39.6. The van der Waals surface area contributed by atoms with E-state index in [2.05, 4.69) is 24.5 Å². The maximum atomic E-state index is 12.1. The van der Waals surface area contributed by atoms with Crippen molar-refractivity contribution in [1.82, 2.24) is 10.6 Å². The molecular weight excluding hydrogens is 200 g/mol. The zero-order valence-electron chi connectivity index (χ0n) is 10.5. The summed E-state index contributed by atoms with van der Waals surface area (Å²) < 4.78 is 0. The zero-order valence-corrected chi connectivity index (χ0v) is 10.5. The van der Waals surface area contributed by atoms with Crippen LogP contribution in [-0.4, -0.2) is 24.5 Å². The maximum Gasteiger partial charge on any atom is 0.224 e. The third-order valence-electron chi connectivity index (χ3n) is 4.30. The van der Waals surface area contributed by atoms with E-state index in [1.165, 1.54) is 25.7 Å². The van der Waals surface area contributed by atoms with Crippen LogP contribution in [-0.2, 0) is 4.79 Å². The fraction of sp³-hybridized carbons (Fsp3) is 0.923. The Labute approximate surface area is 98.4 Å². The molecule has 0 spiro atoms. The molecule has 0 aromatic heterocycles. The summed E-state index contributed by atoms with van der Waals surface area (Å²) in [5, 5.41) is 6.60. The van der Waals surface area contributed by atoms with Crippen molar-refractivity contribution in [3.8, 4) is 0 Å². The van der Waals surface area contributed by atoms with Gasteiger partial charge < -0.3 is 10.6 Å². The standard InChI is InChI=1S/C13H24N2O/c1-9-5-3-4-6-12(9)15-13(16)11-7-8-14-10(11)2/h9-12,14H,3-8H2,1-2H3,(H,15,16). The SMILES string of the molecule is CC1CCCCC1NC(=O)C1CCNC1C. The summed E-state index contributed by atoms with van der Waals surface area (Å²) in [7, 11) is 0. The van der Waals surface area contributed by atoms with Crippen LogP contribution in [0.15, 0.2) is 0 Å². The molecule has 2 rings (SSSR count). The third-order valence-corrected chi connectivity index (χ3v) is 4.30. The van der Waals surface area contributed by atoms with Crippen molar-refractivity contribution in [3.05, 3.63) is 0 Å². The number of nitrogens with one attached hydrogen (secondary N) is 2. The Balaban J connectivity index is 1.86. The van der Waals surface area contributed by atoms with Crippen LogP contribution in [0.2, 0.25) is 0 Å². The van der Waals surface area contributed by atoms with E-state index in [0.717, 1.165) is 13.0 Å². The van der Waals surface area contributed by atoms with Gasteiger partial charge in [0.2, 0.25) is 5.91 Å².